The number of anilines is 1. The van der Waals surface area contributed by atoms with Crippen LogP contribution in [0.3, 0.4) is 0 Å². The molecule has 0 spiro atoms. The zero-order valence-corrected chi connectivity index (χ0v) is 16.2. The fourth-order valence-corrected chi connectivity index (χ4v) is 3.03. The van der Waals surface area contributed by atoms with E-state index in [4.69, 9.17) is 0 Å². The Labute approximate surface area is 158 Å². The summed E-state index contributed by atoms with van der Waals surface area (Å²) in [6, 6.07) is 9.69. The Morgan fingerprint density at radius 3 is 2.52 bits per heavy atom. The van der Waals surface area contributed by atoms with Crippen molar-refractivity contribution in [2.75, 3.05) is 11.9 Å². The van der Waals surface area contributed by atoms with Crippen LogP contribution < -0.4 is 10.6 Å². The Balaban J connectivity index is 1.55. The van der Waals surface area contributed by atoms with Gasteiger partial charge in [0.1, 0.15) is 17.5 Å². The van der Waals surface area contributed by atoms with Crippen molar-refractivity contribution in [3.63, 3.8) is 0 Å². The highest BCUT2D eigenvalue weighted by Gasteiger charge is 2.15. The van der Waals surface area contributed by atoms with Gasteiger partial charge in [0, 0.05) is 31.3 Å². The van der Waals surface area contributed by atoms with Crippen molar-refractivity contribution in [3.8, 4) is 11.3 Å². The first-order valence-corrected chi connectivity index (χ1v) is 8.97. The number of nitrogens with zero attached hydrogens (tertiary/aromatic N) is 5. The fraction of sp³-hybridized carbons (Fsp3) is 0.368. The first kappa shape index (κ1) is 18.6. The van der Waals surface area contributed by atoms with Gasteiger partial charge in [0.05, 0.1) is 5.69 Å². The largest absolute Gasteiger partial charge is 0.338 e. The SMILES string of the molecule is Cc1nc(C)n(CCCNC(=O)Nc2c(C)c(-c3ccccc3)nn2C)n1. The number of benzene rings is 1. The van der Waals surface area contributed by atoms with Crippen LogP contribution in [0.15, 0.2) is 30.3 Å². The maximum atomic E-state index is 12.2. The van der Waals surface area contributed by atoms with E-state index >= 15 is 0 Å². The number of nitrogens with one attached hydrogen (secondary N) is 2. The van der Waals surface area contributed by atoms with Crippen LogP contribution in [0.4, 0.5) is 10.6 Å². The molecule has 0 aliphatic rings. The summed E-state index contributed by atoms with van der Waals surface area (Å²) >= 11 is 0. The van der Waals surface area contributed by atoms with Crippen LogP contribution in [-0.4, -0.2) is 37.1 Å². The van der Waals surface area contributed by atoms with Gasteiger partial charge >= 0.3 is 6.03 Å². The minimum Gasteiger partial charge on any atom is -0.338 e. The van der Waals surface area contributed by atoms with Crippen LogP contribution >= 0.6 is 0 Å². The molecule has 2 heterocycles. The molecule has 0 aliphatic carbocycles. The molecule has 2 N–H and O–H groups in total. The number of carbonyl (C=O) groups is 1. The maximum absolute atomic E-state index is 12.2. The number of rotatable bonds is 6. The highest BCUT2D eigenvalue weighted by Crippen LogP contribution is 2.27. The lowest BCUT2D eigenvalue weighted by molar-refractivity contribution is 0.251. The van der Waals surface area contributed by atoms with Crippen LogP contribution in [0.2, 0.25) is 0 Å². The molecule has 0 unspecified atom stereocenters. The lowest BCUT2D eigenvalue weighted by atomic mass is 10.1. The Morgan fingerprint density at radius 2 is 1.85 bits per heavy atom. The molecule has 3 aromatic rings. The number of amides is 2. The third-order valence-corrected chi connectivity index (χ3v) is 4.36. The molecule has 27 heavy (non-hydrogen) atoms. The van der Waals surface area contributed by atoms with Crippen molar-refractivity contribution in [3.05, 3.63) is 47.5 Å². The normalized spacial score (nSPS) is 10.8. The predicted octanol–water partition coefficient (Wildman–Crippen LogP) is 2.82. The van der Waals surface area contributed by atoms with Crippen LogP contribution in [0.1, 0.15) is 23.6 Å². The standard InChI is InChI=1S/C19H25N7O/c1-13-17(16-9-6-5-7-10-16)24-25(4)18(13)22-19(27)20-11-8-12-26-15(3)21-14(2)23-26/h5-7,9-10H,8,11-12H2,1-4H3,(H2,20,22,27). The van der Waals surface area contributed by atoms with Gasteiger partial charge in [-0.2, -0.15) is 10.2 Å². The zero-order chi connectivity index (χ0) is 19.4. The smallest absolute Gasteiger partial charge is 0.320 e. The predicted molar refractivity (Wildman–Crippen MR) is 105 cm³/mol. The van der Waals surface area contributed by atoms with Crippen LogP contribution in [-0.2, 0) is 13.6 Å². The minimum absolute atomic E-state index is 0.243. The summed E-state index contributed by atoms with van der Waals surface area (Å²) in [5.41, 5.74) is 2.83. The van der Waals surface area contributed by atoms with Crippen molar-refractivity contribution < 1.29 is 4.79 Å². The van der Waals surface area contributed by atoms with Crippen LogP contribution in [0.5, 0.6) is 0 Å². The van der Waals surface area contributed by atoms with Crippen molar-refractivity contribution >= 4 is 11.8 Å². The Hall–Kier alpha value is -3.16. The third kappa shape index (κ3) is 4.33. The van der Waals surface area contributed by atoms with E-state index < -0.39 is 0 Å². The molecule has 8 nitrogen and oxygen atoms in total. The summed E-state index contributed by atoms with van der Waals surface area (Å²) in [7, 11) is 1.82. The van der Waals surface area contributed by atoms with Crippen LogP contribution in [0.25, 0.3) is 11.3 Å². The van der Waals surface area contributed by atoms with E-state index in [2.05, 4.69) is 25.8 Å². The molecule has 2 amide bonds. The fourth-order valence-electron chi connectivity index (χ4n) is 3.03. The number of urea groups is 1. The summed E-state index contributed by atoms with van der Waals surface area (Å²) in [4.78, 5) is 16.5. The second kappa shape index (κ2) is 8.03. The second-order valence-corrected chi connectivity index (χ2v) is 6.48. The summed E-state index contributed by atoms with van der Waals surface area (Å²) in [5, 5.41) is 14.6. The van der Waals surface area contributed by atoms with Crippen molar-refractivity contribution in [1.29, 1.82) is 0 Å². The molecule has 1 aromatic carbocycles. The molecule has 0 saturated carbocycles. The lowest BCUT2D eigenvalue weighted by Gasteiger charge is -2.09. The minimum atomic E-state index is -0.243. The number of hydrogen-bond donors (Lipinski definition) is 2. The van der Waals surface area contributed by atoms with E-state index in [0.29, 0.717) is 12.4 Å². The number of aryl methyl sites for hydroxylation is 4. The monoisotopic (exact) mass is 367 g/mol. The van der Waals surface area contributed by atoms with E-state index in [-0.39, 0.29) is 6.03 Å². The Bertz CT molecular complexity index is 927. The summed E-state index contributed by atoms with van der Waals surface area (Å²) in [5.74, 6) is 2.34. The van der Waals surface area contributed by atoms with Gasteiger partial charge in [-0.1, -0.05) is 30.3 Å². The Morgan fingerprint density at radius 1 is 1.11 bits per heavy atom. The lowest BCUT2D eigenvalue weighted by Crippen LogP contribution is -2.31. The molecule has 3 rings (SSSR count). The molecule has 0 atom stereocenters. The van der Waals surface area contributed by atoms with Gasteiger partial charge in [-0.05, 0) is 27.2 Å². The highest BCUT2D eigenvalue weighted by atomic mass is 16.2. The molecule has 142 valence electrons. The van der Waals surface area contributed by atoms with E-state index in [1.807, 2.05) is 62.8 Å². The third-order valence-electron chi connectivity index (χ3n) is 4.36. The molecule has 8 heteroatoms. The molecular formula is C19H25N7O. The second-order valence-electron chi connectivity index (χ2n) is 6.48. The maximum Gasteiger partial charge on any atom is 0.320 e. The first-order valence-electron chi connectivity index (χ1n) is 8.97. The number of carbonyl (C=O) groups excluding carboxylic acids is 1. The van der Waals surface area contributed by atoms with Crippen molar-refractivity contribution in [2.45, 2.75) is 33.7 Å². The molecular weight excluding hydrogens is 342 g/mol. The van der Waals surface area contributed by atoms with Gasteiger partial charge < -0.3 is 5.32 Å². The molecule has 0 saturated heterocycles. The molecule has 0 aliphatic heterocycles. The first-order chi connectivity index (χ1) is 13.0. The van der Waals surface area contributed by atoms with Crippen molar-refractivity contribution in [2.24, 2.45) is 7.05 Å². The van der Waals surface area contributed by atoms with Crippen LogP contribution in [0, 0.1) is 20.8 Å². The molecule has 0 radical (unpaired) electrons. The van der Waals surface area contributed by atoms with Gasteiger partial charge in [0.15, 0.2) is 0 Å². The molecule has 2 aromatic heterocycles. The topological polar surface area (TPSA) is 89.7 Å². The summed E-state index contributed by atoms with van der Waals surface area (Å²) in [6.45, 7) is 7.02. The van der Waals surface area contributed by atoms with Gasteiger partial charge in [-0.3, -0.25) is 14.7 Å². The van der Waals surface area contributed by atoms with E-state index in [0.717, 1.165) is 41.4 Å². The number of aromatic nitrogens is 5. The average Bonchev–Trinajstić information content (AvgIpc) is 3.12. The zero-order valence-electron chi connectivity index (χ0n) is 16.2. The molecule has 0 bridgehead atoms. The Kier molecular flexibility index (Phi) is 5.54. The number of hydrogen-bond acceptors (Lipinski definition) is 4. The van der Waals surface area contributed by atoms with Gasteiger partial charge in [0.25, 0.3) is 0 Å². The van der Waals surface area contributed by atoms with Gasteiger partial charge in [-0.15, -0.1) is 0 Å². The summed E-state index contributed by atoms with van der Waals surface area (Å²) in [6.07, 6.45) is 0.774. The van der Waals surface area contributed by atoms with E-state index in [1.165, 1.54) is 0 Å². The highest BCUT2D eigenvalue weighted by molar-refractivity contribution is 5.90. The van der Waals surface area contributed by atoms with E-state index in [1.54, 1.807) is 4.68 Å². The van der Waals surface area contributed by atoms with Gasteiger partial charge in [-0.25, -0.2) is 9.78 Å². The van der Waals surface area contributed by atoms with Gasteiger partial charge in [0.2, 0.25) is 0 Å². The quantitative estimate of drug-likeness (QED) is 0.656. The van der Waals surface area contributed by atoms with E-state index in [9.17, 15) is 4.79 Å². The average molecular weight is 367 g/mol. The van der Waals surface area contributed by atoms with Crippen molar-refractivity contribution in [1.82, 2.24) is 29.9 Å². The summed E-state index contributed by atoms with van der Waals surface area (Å²) < 4.78 is 3.55. The molecule has 0 fully saturated rings.